The Labute approximate surface area is 168 Å². The number of aromatic nitrogens is 1. The molecule has 0 fully saturated rings. The molecule has 1 heterocycles. The highest BCUT2D eigenvalue weighted by molar-refractivity contribution is 5.88. The number of fused-ring (bicyclic) bond motifs is 1. The van der Waals surface area contributed by atoms with Crippen molar-refractivity contribution in [2.45, 2.75) is 71.6 Å². The second kappa shape index (κ2) is 6.88. The Hall–Kier alpha value is -2.42. The van der Waals surface area contributed by atoms with E-state index in [4.69, 9.17) is 0 Å². The zero-order valence-electron chi connectivity index (χ0n) is 17.9. The van der Waals surface area contributed by atoms with Crippen LogP contribution in [0.25, 0.3) is 5.57 Å². The molecule has 0 saturated carbocycles. The molecule has 0 atom stereocenters. The van der Waals surface area contributed by atoms with Gasteiger partial charge < -0.3 is 5.11 Å². The second-order valence-corrected chi connectivity index (χ2v) is 9.35. The highest BCUT2D eigenvalue weighted by atomic mass is 16.4. The van der Waals surface area contributed by atoms with Gasteiger partial charge in [-0.3, -0.25) is 4.98 Å². The normalized spacial score (nSPS) is 17.1. The maximum absolute atomic E-state index is 11.3. The molecule has 1 N–H and O–H groups in total. The number of aryl methyl sites for hydroxylation is 2. The van der Waals surface area contributed by atoms with E-state index < -0.39 is 5.97 Å². The number of hydrogen-bond donors (Lipinski definition) is 1. The first-order valence-corrected chi connectivity index (χ1v) is 10.1. The van der Waals surface area contributed by atoms with Gasteiger partial charge in [0.15, 0.2) is 0 Å². The van der Waals surface area contributed by atoms with Gasteiger partial charge in [0, 0.05) is 11.8 Å². The number of carboxylic acids is 1. The lowest BCUT2D eigenvalue weighted by Gasteiger charge is -2.42. The van der Waals surface area contributed by atoms with Crippen molar-refractivity contribution in [3.8, 4) is 0 Å². The van der Waals surface area contributed by atoms with Crippen molar-refractivity contribution in [2.75, 3.05) is 0 Å². The van der Waals surface area contributed by atoms with Crippen LogP contribution in [0.4, 0.5) is 0 Å². The van der Waals surface area contributed by atoms with Gasteiger partial charge in [-0.1, -0.05) is 47.3 Å². The Morgan fingerprint density at radius 1 is 1.11 bits per heavy atom. The van der Waals surface area contributed by atoms with Crippen LogP contribution >= 0.6 is 0 Å². The number of hydrogen-bond acceptors (Lipinski definition) is 2. The maximum Gasteiger partial charge on any atom is 0.337 e. The Balaban J connectivity index is 2.15. The molecule has 0 bridgehead atoms. The molecule has 148 valence electrons. The highest BCUT2D eigenvalue weighted by Gasteiger charge is 2.37. The third-order valence-electron chi connectivity index (χ3n) is 6.40. The van der Waals surface area contributed by atoms with Gasteiger partial charge >= 0.3 is 5.97 Å². The van der Waals surface area contributed by atoms with Crippen molar-refractivity contribution in [1.82, 2.24) is 4.98 Å². The van der Waals surface area contributed by atoms with Crippen LogP contribution in [0.2, 0.25) is 0 Å². The quantitative estimate of drug-likeness (QED) is 0.704. The lowest BCUT2D eigenvalue weighted by atomic mass is 9.62. The number of benzene rings is 1. The number of carboxylic acid groups (broad SMARTS) is 1. The van der Waals surface area contributed by atoms with Gasteiger partial charge in [-0.05, 0) is 77.0 Å². The Kier molecular flexibility index (Phi) is 4.99. The molecule has 1 aliphatic rings. The molecular weight excluding hydrogens is 346 g/mol. The van der Waals surface area contributed by atoms with Gasteiger partial charge in [0.1, 0.15) is 0 Å². The van der Waals surface area contributed by atoms with Gasteiger partial charge in [0.25, 0.3) is 0 Å². The van der Waals surface area contributed by atoms with Crippen molar-refractivity contribution < 1.29 is 9.90 Å². The summed E-state index contributed by atoms with van der Waals surface area (Å²) in [6.07, 6.45) is 4.49. The molecule has 1 aromatic heterocycles. The van der Waals surface area contributed by atoms with E-state index in [1.165, 1.54) is 29.3 Å². The Morgan fingerprint density at radius 2 is 1.68 bits per heavy atom. The largest absolute Gasteiger partial charge is 0.478 e. The van der Waals surface area contributed by atoms with E-state index in [0.717, 1.165) is 28.8 Å². The first-order valence-electron chi connectivity index (χ1n) is 10.1. The summed E-state index contributed by atoms with van der Waals surface area (Å²) in [7, 11) is 0. The van der Waals surface area contributed by atoms with Crippen molar-refractivity contribution in [3.05, 3.63) is 70.0 Å². The second-order valence-electron chi connectivity index (χ2n) is 9.35. The van der Waals surface area contributed by atoms with E-state index in [9.17, 15) is 9.90 Å². The van der Waals surface area contributed by atoms with Crippen LogP contribution in [0.15, 0.2) is 31.0 Å². The zero-order valence-corrected chi connectivity index (χ0v) is 17.9. The molecule has 0 radical (unpaired) electrons. The molecule has 0 saturated heterocycles. The van der Waals surface area contributed by atoms with Crippen LogP contribution in [0.5, 0.6) is 0 Å². The lowest BCUT2D eigenvalue weighted by Crippen LogP contribution is -2.34. The summed E-state index contributed by atoms with van der Waals surface area (Å²) in [4.78, 5) is 15.8. The summed E-state index contributed by atoms with van der Waals surface area (Å²) in [5.74, 6) is -0.951. The van der Waals surface area contributed by atoms with Crippen LogP contribution in [-0.4, -0.2) is 16.1 Å². The maximum atomic E-state index is 11.3. The topological polar surface area (TPSA) is 50.2 Å². The smallest absolute Gasteiger partial charge is 0.337 e. The fourth-order valence-corrected chi connectivity index (χ4v) is 4.34. The van der Waals surface area contributed by atoms with Crippen LogP contribution in [0.1, 0.15) is 91.3 Å². The van der Waals surface area contributed by atoms with Gasteiger partial charge in [-0.25, -0.2) is 4.79 Å². The first kappa shape index (κ1) is 20.3. The van der Waals surface area contributed by atoms with E-state index in [1.807, 2.05) is 6.92 Å². The summed E-state index contributed by atoms with van der Waals surface area (Å²) in [5, 5.41) is 9.27. The molecule has 2 aromatic rings. The summed E-state index contributed by atoms with van der Waals surface area (Å²) >= 11 is 0. The van der Waals surface area contributed by atoms with Crippen molar-refractivity contribution in [1.29, 1.82) is 0 Å². The molecule has 3 nitrogen and oxygen atoms in total. The first-order chi connectivity index (χ1) is 13.0. The van der Waals surface area contributed by atoms with E-state index in [1.54, 1.807) is 6.07 Å². The average Bonchev–Trinajstić information content (AvgIpc) is 2.64. The van der Waals surface area contributed by atoms with Crippen LogP contribution < -0.4 is 0 Å². The molecule has 1 aromatic carbocycles. The molecule has 0 amide bonds. The van der Waals surface area contributed by atoms with Crippen molar-refractivity contribution in [2.24, 2.45) is 0 Å². The van der Waals surface area contributed by atoms with Crippen LogP contribution in [-0.2, 0) is 17.3 Å². The van der Waals surface area contributed by atoms with Crippen LogP contribution in [0, 0.1) is 6.92 Å². The summed E-state index contributed by atoms with van der Waals surface area (Å²) in [6.45, 7) is 17.8. The molecule has 28 heavy (non-hydrogen) atoms. The standard InChI is InChI=1S/C25H31NO2/c1-8-17-12-18(23(27)28)14-26-22(17)16(3)19-13-21-20(11-15(19)2)24(4,5)9-10-25(21,6)7/h11-14H,3,8-10H2,1-2,4-7H3,(H,27,28). The number of pyridine rings is 1. The molecular formula is C25H31NO2. The summed E-state index contributed by atoms with van der Waals surface area (Å²) in [6, 6.07) is 6.35. The van der Waals surface area contributed by atoms with E-state index in [2.05, 4.69) is 58.3 Å². The molecule has 0 unspecified atom stereocenters. The predicted molar refractivity (Wildman–Crippen MR) is 115 cm³/mol. The van der Waals surface area contributed by atoms with Crippen LogP contribution in [0.3, 0.4) is 0 Å². The monoisotopic (exact) mass is 377 g/mol. The van der Waals surface area contributed by atoms with Crippen molar-refractivity contribution >= 4 is 11.5 Å². The highest BCUT2D eigenvalue weighted by Crippen LogP contribution is 2.47. The fourth-order valence-electron chi connectivity index (χ4n) is 4.34. The Morgan fingerprint density at radius 3 is 2.21 bits per heavy atom. The molecule has 1 aliphatic carbocycles. The number of carbonyl (C=O) groups is 1. The lowest BCUT2D eigenvalue weighted by molar-refractivity contribution is 0.0696. The minimum Gasteiger partial charge on any atom is -0.478 e. The fraction of sp³-hybridized carbons (Fsp3) is 0.440. The number of aromatic carboxylic acids is 1. The molecule has 3 rings (SSSR count). The number of rotatable bonds is 4. The van der Waals surface area contributed by atoms with E-state index >= 15 is 0 Å². The van der Waals surface area contributed by atoms with E-state index in [-0.39, 0.29) is 16.4 Å². The molecule has 0 aliphatic heterocycles. The van der Waals surface area contributed by atoms with Gasteiger partial charge in [-0.15, -0.1) is 0 Å². The summed E-state index contributed by atoms with van der Waals surface area (Å²) in [5.41, 5.74) is 8.23. The van der Waals surface area contributed by atoms with Gasteiger partial charge in [0.2, 0.25) is 0 Å². The zero-order chi connectivity index (χ0) is 20.9. The molecule has 0 spiro atoms. The molecule has 3 heteroatoms. The number of nitrogens with zero attached hydrogens (tertiary/aromatic N) is 1. The average molecular weight is 378 g/mol. The SMILES string of the molecule is C=C(c1cc2c(cc1C)C(C)(C)CCC2(C)C)c1ncc(C(=O)O)cc1CC. The third-order valence-corrected chi connectivity index (χ3v) is 6.40. The predicted octanol–water partition coefficient (Wildman–Crippen LogP) is 6.06. The minimum atomic E-state index is -0.951. The van der Waals surface area contributed by atoms with E-state index in [0.29, 0.717) is 6.42 Å². The van der Waals surface area contributed by atoms with Gasteiger partial charge in [0.05, 0.1) is 11.3 Å². The Bertz CT molecular complexity index is 967. The van der Waals surface area contributed by atoms with Gasteiger partial charge in [-0.2, -0.15) is 0 Å². The summed E-state index contributed by atoms with van der Waals surface area (Å²) < 4.78 is 0. The minimum absolute atomic E-state index is 0.127. The third kappa shape index (κ3) is 3.39. The van der Waals surface area contributed by atoms with Crippen molar-refractivity contribution in [3.63, 3.8) is 0 Å².